The van der Waals surface area contributed by atoms with E-state index in [1.54, 1.807) is 30.1 Å². The summed E-state index contributed by atoms with van der Waals surface area (Å²) in [5.41, 5.74) is 6.21. The molecule has 0 unspecified atom stereocenters. The van der Waals surface area contributed by atoms with Gasteiger partial charge >= 0.3 is 0 Å². The number of benzene rings is 2. The third-order valence-electron chi connectivity index (χ3n) is 3.21. The van der Waals surface area contributed by atoms with Crippen LogP contribution in [0.25, 0.3) is 0 Å². The standard InChI is InChI=1S/C15H13Cl2N3O3/c1-19(8-9-4-11(16)7-12(17)5-9)13-3-2-10(15(18)21)6-14(13)20(22)23/h2-7H,8H2,1H3,(H2,18,21). The lowest BCUT2D eigenvalue weighted by Gasteiger charge is -2.20. The van der Waals surface area contributed by atoms with Gasteiger partial charge in [-0.05, 0) is 35.9 Å². The molecular formula is C15H13Cl2N3O3. The number of amides is 1. The predicted octanol–water partition coefficient (Wildman–Crippen LogP) is 3.64. The van der Waals surface area contributed by atoms with Crippen molar-refractivity contribution >= 4 is 40.5 Å². The van der Waals surface area contributed by atoms with Gasteiger partial charge in [0.15, 0.2) is 0 Å². The third-order valence-corrected chi connectivity index (χ3v) is 3.65. The molecule has 0 saturated heterocycles. The Balaban J connectivity index is 2.36. The second-order valence-electron chi connectivity index (χ2n) is 4.96. The van der Waals surface area contributed by atoms with Gasteiger partial charge in [0.05, 0.1) is 4.92 Å². The van der Waals surface area contributed by atoms with Gasteiger partial charge in [0.25, 0.3) is 5.69 Å². The highest BCUT2D eigenvalue weighted by Crippen LogP contribution is 2.30. The van der Waals surface area contributed by atoms with Crippen molar-refractivity contribution < 1.29 is 9.72 Å². The molecular weight excluding hydrogens is 341 g/mol. The van der Waals surface area contributed by atoms with Crippen molar-refractivity contribution in [2.24, 2.45) is 5.73 Å². The first-order valence-corrected chi connectivity index (χ1v) is 7.28. The summed E-state index contributed by atoms with van der Waals surface area (Å²) < 4.78 is 0. The number of carbonyl (C=O) groups is 1. The summed E-state index contributed by atoms with van der Waals surface area (Å²) in [6.07, 6.45) is 0. The van der Waals surface area contributed by atoms with Gasteiger partial charge in [0.2, 0.25) is 5.91 Å². The second-order valence-corrected chi connectivity index (χ2v) is 5.83. The summed E-state index contributed by atoms with van der Waals surface area (Å²) in [6.45, 7) is 0.358. The molecule has 1 amide bonds. The van der Waals surface area contributed by atoms with E-state index in [9.17, 15) is 14.9 Å². The Hall–Kier alpha value is -2.31. The highest BCUT2D eigenvalue weighted by atomic mass is 35.5. The molecule has 0 spiro atoms. The lowest BCUT2D eigenvalue weighted by Crippen LogP contribution is -2.19. The number of hydrogen-bond acceptors (Lipinski definition) is 4. The molecule has 0 atom stereocenters. The average molecular weight is 354 g/mol. The SMILES string of the molecule is CN(Cc1cc(Cl)cc(Cl)c1)c1ccc(C(N)=O)cc1[N+](=O)[O-]. The van der Waals surface area contributed by atoms with Crippen molar-refractivity contribution in [1.82, 2.24) is 0 Å². The fourth-order valence-electron chi connectivity index (χ4n) is 2.21. The van der Waals surface area contributed by atoms with Crippen molar-refractivity contribution in [2.45, 2.75) is 6.54 Å². The Bertz CT molecular complexity index is 760. The van der Waals surface area contributed by atoms with Crippen LogP contribution in [0, 0.1) is 10.1 Å². The Morgan fingerprint density at radius 3 is 2.35 bits per heavy atom. The molecule has 0 aliphatic rings. The maximum atomic E-state index is 11.2. The minimum absolute atomic E-state index is 0.0830. The van der Waals surface area contributed by atoms with Crippen LogP contribution in [0.3, 0.4) is 0 Å². The maximum absolute atomic E-state index is 11.2. The quantitative estimate of drug-likeness (QED) is 0.656. The molecule has 120 valence electrons. The zero-order chi connectivity index (χ0) is 17.1. The van der Waals surface area contributed by atoms with Gasteiger partial charge in [-0.1, -0.05) is 23.2 Å². The van der Waals surface area contributed by atoms with Crippen LogP contribution < -0.4 is 10.6 Å². The second kappa shape index (κ2) is 6.85. The van der Waals surface area contributed by atoms with Gasteiger partial charge in [-0.3, -0.25) is 14.9 Å². The van der Waals surface area contributed by atoms with Crippen molar-refractivity contribution in [2.75, 3.05) is 11.9 Å². The van der Waals surface area contributed by atoms with E-state index in [1.165, 1.54) is 18.2 Å². The van der Waals surface area contributed by atoms with Crippen molar-refractivity contribution in [3.63, 3.8) is 0 Å². The van der Waals surface area contributed by atoms with Gasteiger partial charge < -0.3 is 10.6 Å². The van der Waals surface area contributed by atoms with Crippen LogP contribution in [0.5, 0.6) is 0 Å². The first-order valence-electron chi connectivity index (χ1n) is 6.52. The summed E-state index contributed by atoms with van der Waals surface area (Å²) in [5.74, 6) is -0.719. The lowest BCUT2D eigenvalue weighted by molar-refractivity contribution is -0.384. The van der Waals surface area contributed by atoms with Crippen LogP contribution in [-0.2, 0) is 6.54 Å². The molecule has 2 rings (SSSR count). The number of halogens is 2. The number of carbonyl (C=O) groups excluding carboxylic acids is 1. The predicted molar refractivity (Wildman–Crippen MR) is 90.2 cm³/mol. The number of nitro benzene ring substituents is 1. The van der Waals surface area contributed by atoms with Crippen LogP contribution in [0.2, 0.25) is 10.0 Å². The average Bonchev–Trinajstić information content (AvgIpc) is 2.45. The van der Waals surface area contributed by atoms with Crippen LogP contribution in [-0.4, -0.2) is 17.9 Å². The minimum atomic E-state index is -0.719. The Kier molecular flexibility index (Phi) is 5.08. The molecule has 8 heteroatoms. The van der Waals surface area contributed by atoms with Crippen LogP contribution in [0.1, 0.15) is 15.9 Å². The number of nitrogens with zero attached hydrogens (tertiary/aromatic N) is 2. The van der Waals surface area contributed by atoms with Crippen LogP contribution in [0.4, 0.5) is 11.4 Å². The van der Waals surface area contributed by atoms with E-state index in [0.29, 0.717) is 22.3 Å². The number of nitro groups is 1. The summed E-state index contributed by atoms with van der Waals surface area (Å²) in [4.78, 5) is 23.5. The van der Waals surface area contributed by atoms with Gasteiger partial charge in [-0.25, -0.2) is 0 Å². The molecule has 0 aromatic heterocycles. The Labute approximate surface area is 142 Å². The Morgan fingerprint density at radius 1 is 1.22 bits per heavy atom. The van der Waals surface area contributed by atoms with E-state index in [0.717, 1.165) is 5.56 Å². The number of anilines is 1. The largest absolute Gasteiger partial charge is 0.366 e. The monoisotopic (exact) mass is 353 g/mol. The van der Waals surface area contributed by atoms with Gasteiger partial charge in [-0.2, -0.15) is 0 Å². The van der Waals surface area contributed by atoms with E-state index in [4.69, 9.17) is 28.9 Å². The lowest BCUT2D eigenvalue weighted by atomic mass is 10.1. The molecule has 2 N–H and O–H groups in total. The van der Waals surface area contributed by atoms with Gasteiger partial charge in [0.1, 0.15) is 5.69 Å². The molecule has 0 radical (unpaired) electrons. The molecule has 2 aromatic rings. The van der Waals surface area contributed by atoms with Crippen LogP contribution >= 0.6 is 23.2 Å². The summed E-state index contributed by atoms with van der Waals surface area (Å²) in [5, 5.41) is 12.2. The normalized spacial score (nSPS) is 10.4. The highest BCUT2D eigenvalue weighted by molar-refractivity contribution is 6.34. The number of primary amides is 1. The summed E-state index contributed by atoms with van der Waals surface area (Å²) in [6, 6.07) is 9.17. The van der Waals surface area contributed by atoms with Crippen molar-refractivity contribution in [1.29, 1.82) is 0 Å². The number of hydrogen-bond donors (Lipinski definition) is 1. The molecule has 0 saturated carbocycles. The van der Waals surface area contributed by atoms with E-state index in [1.807, 2.05) is 0 Å². The van der Waals surface area contributed by atoms with Gasteiger partial charge in [-0.15, -0.1) is 0 Å². The topological polar surface area (TPSA) is 89.5 Å². The van der Waals surface area contributed by atoms with Crippen molar-refractivity contribution in [3.8, 4) is 0 Å². The zero-order valence-electron chi connectivity index (χ0n) is 12.1. The van der Waals surface area contributed by atoms with Crippen LogP contribution in [0.15, 0.2) is 36.4 Å². The summed E-state index contributed by atoms with van der Waals surface area (Å²) >= 11 is 11.9. The van der Waals surface area contributed by atoms with E-state index >= 15 is 0 Å². The number of rotatable bonds is 5. The first-order chi connectivity index (χ1) is 10.8. The Morgan fingerprint density at radius 2 is 1.83 bits per heavy atom. The summed E-state index contributed by atoms with van der Waals surface area (Å²) in [7, 11) is 1.70. The zero-order valence-corrected chi connectivity index (χ0v) is 13.6. The molecule has 0 fully saturated rings. The maximum Gasteiger partial charge on any atom is 0.293 e. The molecule has 2 aromatic carbocycles. The molecule has 0 bridgehead atoms. The molecule has 0 aliphatic heterocycles. The van der Waals surface area contributed by atoms with Crippen molar-refractivity contribution in [3.05, 3.63) is 67.7 Å². The van der Waals surface area contributed by atoms with E-state index < -0.39 is 10.8 Å². The molecule has 0 aliphatic carbocycles. The third kappa shape index (κ3) is 4.12. The fraction of sp³-hybridized carbons (Fsp3) is 0.133. The smallest absolute Gasteiger partial charge is 0.293 e. The minimum Gasteiger partial charge on any atom is -0.366 e. The molecule has 23 heavy (non-hydrogen) atoms. The first kappa shape index (κ1) is 17.1. The molecule has 0 heterocycles. The highest BCUT2D eigenvalue weighted by Gasteiger charge is 2.19. The number of nitrogens with two attached hydrogens (primary N) is 1. The van der Waals surface area contributed by atoms with E-state index in [2.05, 4.69) is 0 Å². The van der Waals surface area contributed by atoms with Gasteiger partial charge in [0, 0.05) is 35.3 Å². The fourth-order valence-corrected chi connectivity index (χ4v) is 2.78. The molecule has 6 nitrogen and oxygen atoms in total. The van der Waals surface area contributed by atoms with E-state index in [-0.39, 0.29) is 11.3 Å².